The number of carbonyl (C=O) groups excluding carboxylic acids is 1. The summed E-state index contributed by atoms with van der Waals surface area (Å²) in [5.41, 5.74) is 10.6. The Labute approximate surface area is 145 Å². The van der Waals surface area contributed by atoms with Gasteiger partial charge in [0.25, 0.3) is 0 Å². The number of nitrogens with one attached hydrogen (secondary N) is 1. The Bertz CT molecular complexity index is 988. The summed E-state index contributed by atoms with van der Waals surface area (Å²) in [4.78, 5) is 19.1. The van der Waals surface area contributed by atoms with Crippen LogP contribution in [0.4, 0.5) is 4.39 Å². The first kappa shape index (κ1) is 16.9. The zero-order valence-electron chi connectivity index (χ0n) is 14.3. The molecule has 0 aliphatic carbocycles. The monoisotopic (exact) mass is 337 g/mol. The lowest BCUT2D eigenvalue weighted by Gasteiger charge is -2.10. The number of aromatic amines is 1. The van der Waals surface area contributed by atoms with E-state index in [0.717, 1.165) is 33.5 Å². The molecule has 0 bridgehead atoms. The average molecular weight is 337 g/mol. The highest BCUT2D eigenvalue weighted by molar-refractivity contribution is 5.93. The second-order valence-corrected chi connectivity index (χ2v) is 6.20. The van der Waals surface area contributed by atoms with Crippen LogP contribution in [-0.4, -0.2) is 15.9 Å². The van der Waals surface area contributed by atoms with Crippen LogP contribution in [0, 0.1) is 19.7 Å². The number of hydrogen-bond donors (Lipinski definition) is 2. The predicted molar refractivity (Wildman–Crippen MR) is 97.8 cm³/mol. The van der Waals surface area contributed by atoms with Gasteiger partial charge in [-0.15, -0.1) is 0 Å². The van der Waals surface area contributed by atoms with E-state index in [4.69, 9.17) is 5.73 Å². The number of halogens is 1. The summed E-state index contributed by atoms with van der Waals surface area (Å²) < 4.78 is 14.9. The zero-order valence-corrected chi connectivity index (χ0v) is 14.3. The molecule has 2 heterocycles. The summed E-state index contributed by atoms with van der Waals surface area (Å²) in [5, 5.41) is 0.805. The van der Waals surface area contributed by atoms with Crippen molar-refractivity contribution in [2.24, 2.45) is 5.73 Å². The second kappa shape index (κ2) is 6.51. The first-order valence-corrected chi connectivity index (χ1v) is 8.06. The lowest BCUT2D eigenvalue weighted by atomic mass is 9.96. The summed E-state index contributed by atoms with van der Waals surface area (Å²) >= 11 is 0. The molecule has 3 rings (SSSR count). The van der Waals surface area contributed by atoms with Crippen molar-refractivity contribution in [2.45, 2.75) is 26.7 Å². The van der Waals surface area contributed by atoms with Gasteiger partial charge in [-0.05, 0) is 49.2 Å². The molecule has 0 unspecified atom stereocenters. The fourth-order valence-corrected chi connectivity index (χ4v) is 3.16. The fraction of sp³-hybridized carbons (Fsp3) is 0.200. The Kier molecular flexibility index (Phi) is 4.40. The molecule has 0 fully saturated rings. The molecule has 3 N–H and O–H groups in total. The molecule has 25 heavy (non-hydrogen) atoms. The van der Waals surface area contributed by atoms with Gasteiger partial charge in [0, 0.05) is 28.8 Å². The summed E-state index contributed by atoms with van der Waals surface area (Å²) in [6, 6.07) is 6.99. The number of benzene rings is 1. The number of fused-ring (bicyclic) bond motifs is 1. The standard InChI is InChI=1S/C20H20FN3O/c1-4-14-6-5-7-15(24-14)10-16-17(21)8-13(9-18(22)25)20-19(16)11(2)12(3)23-20/h4-8,23H,1,9-10H2,2-3H3,(H2,22,25). The molecule has 5 heteroatoms. The maximum Gasteiger partial charge on any atom is 0.221 e. The molecular weight excluding hydrogens is 317 g/mol. The fourth-order valence-electron chi connectivity index (χ4n) is 3.16. The van der Waals surface area contributed by atoms with Crippen LogP contribution in [-0.2, 0) is 17.6 Å². The summed E-state index contributed by atoms with van der Waals surface area (Å²) in [6.07, 6.45) is 2.02. The van der Waals surface area contributed by atoms with Crippen LogP contribution in [0.5, 0.6) is 0 Å². The van der Waals surface area contributed by atoms with Gasteiger partial charge in [-0.2, -0.15) is 0 Å². The average Bonchev–Trinajstić information content (AvgIpc) is 2.87. The quantitative estimate of drug-likeness (QED) is 0.747. The molecule has 4 nitrogen and oxygen atoms in total. The third kappa shape index (κ3) is 3.18. The number of aromatic nitrogens is 2. The minimum atomic E-state index is -0.487. The number of aryl methyl sites for hydroxylation is 2. The van der Waals surface area contributed by atoms with E-state index in [1.54, 1.807) is 6.08 Å². The van der Waals surface area contributed by atoms with Crippen molar-refractivity contribution in [1.82, 2.24) is 9.97 Å². The van der Waals surface area contributed by atoms with Gasteiger partial charge >= 0.3 is 0 Å². The van der Waals surface area contributed by atoms with Crippen LogP contribution in [0.15, 0.2) is 30.8 Å². The molecule has 0 aliphatic heterocycles. The van der Waals surface area contributed by atoms with Gasteiger partial charge in [-0.25, -0.2) is 4.39 Å². The van der Waals surface area contributed by atoms with E-state index in [2.05, 4.69) is 16.5 Å². The minimum Gasteiger partial charge on any atom is -0.369 e. The van der Waals surface area contributed by atoms with Crippen molar-refractivity contribution in [3.8, 4) is 0 Å². The first-order chi connectivity index (χ1) is 11.9. The molecule has 128 valence electrons. The number of rotatable bonds is 5. The van der Waals surface area contributed by atoms with Crippen molar-refractivity contribution >= 4 is 22.9 Å². The minimum absolute atomic E-state index is 0.00269. The molecule has 3 aromatic rings. The van der Waals surface area contributed by atoms with E-state index < -0.39 is 5.91 Å². The van der Waals surface area contributed by atoms with E-state index in [1.807, 2.05) is 32.0 Å². The van der Waals surface area contributed by atoms with Gasteiger partial charge in [0.05, 0.1) is 17.6 Å². The van der Waals surface area contributed by atoms with E-state index in [0.29, 0.717) is 17.5 Å². The SMILES string of the molecule is C=Cc1cccc(Cc2c(F)cc(CC(N)=O)c3[nH]c(C)c(C)c23)n1. The molecule has 0 aliphatic rings. The molecule has 0 saturated carbocycles. The van der Waals surface area contributed by atoms with Gasteiger partial charge < -0.3 is 10.7 Å². The van der Waals surface area contributed by atoms with Gasteiger partial charge in [0.2, 0.25) is 5.91 Å². The Morgan fingerprint density at radius 2 is 2.16 bits per heavy atom. The summed E-state index contributed by atoms with van der Waals surface area (Å²) in [5.74, 6) is -0.838. The second-order valence-electron chi connectivity index (χ2n) is 6.20. The van der Waals surface area contributed by atoms with Crippen molar-refractivity contribution in [3.63, 3.8) is 0 Å². The van der Waals surface area contributed by atoms with Crippen LogP contribution in [0.3, 0.4) is 0 Å². The summed E-state index contributed by atoms with van der Waals surface area (Å²) in [7, 11) is 0. The maximum absolute atomic E-state index is 14.9. The molecular formula is C20H20FN3O. The zero-order chi connectivity index (χ0) is 18.1. The van der Waals surface area contributed by atoms with Crippen LogP contribution >= 0.6 is 0 Å². The van der Waals surface area contributed by atoms with E-state index in [1.165, 1.54) is 6.07 Å². The van der Waals surface area contributed by atoms with Crippen LogP contribution in [0.25, 0.3) is 17.0 Å². The lowest BCUT2D eigenvalue weighted by Crippen LogP contribution is -2.14. The van der Waals surface area contributed by atoms with E-state index in [9.17, 15) is 9.18 Å². The number of pyridine rings is 1. The molecule has 0 saturated heterocycles. The Morgan fingerprint density at radius 3 is 2.84 bits per heavy atom. The third-order valence-corrected chi connectivity index (χ3v) is 4.47. The number of primary amides is 1. The van der Waals surface area contributed by atoms with Gasteiger partial charge in [0.15, 0.2) is 0 Å². The van der Waals surface area contributed by atoms with Crippen molar-refractivity contribution in [1.29, 1.82) is 0 Å². The highest BCUT2D eigenvalue weighted by Gasteiger charge is 2.19. The molecule has 1 amide bonds. The lowest BCUT2D eigenvalue weighted by molar-refractivity contribution is -0.117. The van der Waals surface area contributed by atoms with Crippen molar-refractivity contribution in [3.05, 3.63) is 70.4 Å². The maximum atomic E-state index is 14.9. The van der Waals surface area contributed by atoms with Gasteiger partial charge in [0.1, 0.15) is 5.82 Å². The number of nitrogens with zero attached hydrogens (tertiary/aromatic N) is 1. The van der Waals surface area contributed by atoms with E-state index >= 15 is 0 Å². The van der Waals surface area contributed by atoms with Crippen molar-refractivity contribution in [2.75, 3.05) is 0 Å². The third-order valence-electron chi connectivity index (χ3n) is 4.47. The highest BCUT2D eigenvalue weighted by atomic mass is 19.1. The number of nitrogens with two attached hydrogens (primary N) is 1. The van der Waals surface area contributed by atoms with Crippen LogP contribution < -0.4 is 5.73 Å². The molecule has 0 radical (unpaired) electrons. The normalized spacial score (nSPS) is 11.0. The summed E-state index contributed by atoms with van der Waals surface area (Å²) in [6.45, 7) is 7.59. The largest absolute Gasteiger partial charge is 0.369 e. The van der Waals surface area contributed by atoms with Gasteiger partial charge in [-0.1, -0.05) is 12.6 Å². The number of amides is 1. The molecule has 2 aromatic heterocycles. The Hall–Kier alpha value is -2.95. The Morgan fingerprint density at radius 1 is 1.40 bits per heavy atom. The van der Waals surface area contributed by atoms with E-state index in [-0.39, 0.29) is 12.2 Å². The molecule has 0 atom stereocenters. The number of carbonyl (C=O) groups is 1. The van der Waals surface area contributed by atoms with Crippen molar-refractivity contribution < 1.29 is 9.18 Å². The number of H-pyrrole nitrogens is 1. The molecule has 1 aromatic carbocycles. The Balaban J connectivity index is 2.19. The van der Waals surface area contributed by atoms with Crippen LogP contribution in [0.1, 0.15) is 33.8 Å². The highest BCUT2D eigenvalue weighted by Crippen LogP contribution is 2.31. The first-order valence-electron chi connectivity index (χ1n) is 8.06. The smallest absolute Gasteiger partial charge is 0.221 e. The molecule has 0 spiro atoms. The topological polar surface area (TPSA) is 71.8 Å². The van der Waals surface area contributed by atoms with Gasteiger partial charge in [-0.3, -0.25) is 9.78 Å². The predicted octanol–water partition coefficient (Wildman–Crippen LogP) is 3.58. The van der Waals surface area contributed by atoms with Crippen LogP contribution in [0.2, 0.25) is 0 Å². The number of hydrogen-bond acceptors (Lipinski definition) is 2.